The highest BCUT2D eigenvalue weighted by atomic mass is 16.6. The van der Waals surface area contributed by atoms with Crippen molar-refractivity contribution in [3.8, 4) is 0 Å². The number of rotatable bonds is 0. The van der Waals surface area contributed by atoms with Crippen LogP contribution in [-0.2, 0) is 0 Å². The van der Waals surface area contributed by atoms with Crippen molar-refractivity contribution in [3.63, 3.8) is 0 Å². The Labute approximate surface area is 80.4 Å². The third-order valence-electron chi connectivity index (χ3n) is 0. The Morgan fingerprint density at radius 2 is 1.21 bits per heavy atom. The maximum absolute atomic E-state index is 8.56. The highest BCUT2D eigenvalue weighted by Gasteiger charge is 1.70. The molecule has 8 heteroatoms. The van der Waals surface area contributed by atoms with Crippen LogP contribution < -0.4 is 5.73 Å². The molecule has 0 aromatic carbocycles. The van der Waals surface area contributed by atoms with Gasteiger partial charge in [0.2, 0.25) is 0 Å². The Hall–Kier alpha value is -2.25. The number of hydrogen-bond acceptors (Lipinski definition) is 3. The molecule has 0 aromatic heterocycles. The van der Waals surface area contributed by atoms with Gasteiger partial charge in [0.1, 0.15) is 0 Å². The van der Waals surface area contributed by atoms with E-state index in [2.05, 4.69) is 12.3 Å². The second-order valence-corrected chi connectivity index (χ2v) is 1.14. The van der Waals surface area contributed by atoms with E-state index in [1.165, 1.54) is 0 Å². The van der Waals surface area contributed by atoms with Crippen LogP contribution >= 0.6 is 0 Å². The predicted molar refractivity (Wildman–Crippen MR) is 50.1 cm³/mol. The summed E-state index contributed by atoms with van der Waals surface area (Å²) in [5.74, 6) is 0. The molecule has 0 fully saturated rings. The number of nitrogens with two attached hydrogens (primary N) is 1. The smallest absolute Gasteiger partial charge is 0.450 e. The normalized spacial score (nSPS) is 5.21. The zero-order valence-corrected chi connectivity index (χ0v) is 7.54. The van der Waals surface area contributed by atoms with E-state index in [1.54, 1.807) is 6.08 Å². The Balaban J connectivity index is -0.0000000482. The molecule has 0 bridgehead atoms. The minimum absolute atomic E-state index is 0.750. The minimum Gasteiger partial charge on any atom is -0.450 e. The van der Waals surface area contributed by atoms with E-state index in [9.17, 15) is 0 Å². The first kappa shape index (κ1) is 22.6. The van der Waals surface area contributed by atoms with Crippen molar-refractivity contribution in [2.24, 2.45) is 5.73 Å². The van der Waals surface area contributed by atoms with Crippen LogP contribution in [0.15, 0.2) is 12.7 Å². The summed E-state index contributed by atoms with van der Waals surface area (Å²) < 4.78 is 0. The van der Waals surface area contributed by atoms with Crippen LogP contribution in [0.4, 0.5) is 9.59 Å². The van der Waals surface area contributed by atoms with E-state index in [0.29, 0.717) is 0 Å². The SMILES string of the molecule is C=CC.N=CN.O=C(O)O.O=C(O)O. The van der Waals surface area contributed by atoms with Gasteiger partial charge in [0.15, 0.2) is 0 Å². The first-order valence-electron chi connectivity index (χ1n) is 2.91. The molecule has 0 aliphatic heterocycles. The third-order valence-corrected chi connectivity index (χ3v) is 0. The van der Waals surface area contributed by atoms with Gasteiger partial charge in [-0.05, 0) is 6.92 Å². The Kier molecular flexibility index (Phi) is 49.9. The van der Waals surface area contributed by atoms with Gasteiger partial charge in [-0.25, -0.2) is 9.59 Å². The van der Waals surface area contributed by atoms with Crippen LogP contribution in [0.2, 0.25) is 0 Å². The molecule has 0 saturated carbocycles. The zero-order chi connectivity index (χ0) is 12.6. The lowest BCUT2D eigenvalue weighted by atomic mass is 10.8. The van der Waals surface area contributed by atoms with Crippen molar-refractivity contribution in [2.75, 3.05) is 0 Å². The van der Waals surface area contributed by atoms with Gasteiger partial charge in [0, 0.05) is 0 Å². The molecule has 0 aliphatic carbocycles. The van der Waals surface area contributed by atoms with Crippen LogP contribution in [0.1, 0.15) is 6.92 Å². The van der Waals surface area contributed by atoms with Gasteiger partial charge < -0.3 is 26.2 Å². The average molecular weight is 210 g/mol. The van der Waals surface area contributed by atoms with Gasteiger partial charge in [-0.1, -0.05) is 6.08 Å². The number of allylic oxidation sites excluding steroid dienone is 1. The summed E-state index contributed by atoms with van der Waals surface area (Å²) in [4.78, 5) is 17.1. The van der Waals surface area contributed by atoms with E-state index in [1.807, 2.05) is 6.92 Å². The fourth-order valence-corrected chi connectivity index (χ4v) is 0. The van der Waals surface area contributed by atoms with Crippen LogP contribution in [0.5, 0.6) is 0 Å². The monoisotopic (exact) mass is 210 g/mol. The highest BCUT2D eigenvalue weighted by Crippen LogP contribution is 1.43. The maximum atomic E-state index is 8.56. The summed E-state index contributed by atoms with van der Waals surface area (Å²) in [5.41, 5.74) is 4.39. The Bertz CT molecular complexity index is 132. The number of carboxylic acid groups (broad SMARTS) is 4. The molecule has 0 aliphatic rings. The maximum Gasteiger partial charge on any atom is 0.503 e. The highest BCUT2D eigenvalue weighted by molar-refractivity contribution is 5.53. The van der Waals surface area contributed by atoms with E-state index >= 15 is 0 Å². The first-order chi connectivity index (χ1) is 6.29. The summed E-state index contributed by atoms with van der Waals surface area (Å²) in [6.07, 6.45) is -1.17. The van der Waals surface area contributed by atoms with Crippen molar-refractivity contribution < 1.29 is 30.0 Å². The number of carbonyl (C=O) groups is 2. The second kappa shape index (κ2) is 30.9. The quantitative estimate of drug-likeness (QED) is 0.198. The first-order valence-corrected chi connectivity index (χ1v) is 2.91. The van der Waals surface area contributed by atoms with Crippen molar-refractivity contribution in [3.05, 3.63) is 12.7 Å². The molecule has 0 saturated heterocycles. The minimum atomic E-state index is -1.83. The van der Waals surface area contributed by atoms with E-state index in [-0.39, 0.29) is 0 Å². The molecule has 0 aromatic rings. The third kappa shape index (κ3) is 147. The van der Waals surface area contributed by atoms with E-state index in [0.717, 1.165) is 6.34 Å². The molecule has 0 heterocycles. The van der Waals surface area contributed by atoms with Gasteiger partial charge in [-0.15, -0.1) is 6.58 Å². The Morgan fingerprint density at radius 3 is 1.21 bits per heavy atom. The zero-order valence-electron chi connectivity index (χ0n) is 7.54. The van der Waals surface area contributed by atoms with Crippen molar-refractivity contribution in [2.45, 2.75) is 6.92 Å². The summed E-state index contributed by atoms with van der Waals surface area (Å²) >= 11 is 0. The molecule has 0 spiro atoms. The van der Waals surface area contributed by atoms with Crippen LogP contribution in [-0.4, -0.2) is 39.1 Å². The lowest BCUT2D eigenvalue weighted by molar-refractivity contribution is 0.135. The number of nitrogens with one attached hydrogen (secondary N) is 1. The molecule has 7 N–H and O–H groups in total. The largest absolute Gasteiger partial charge is 0.503 e. The molecule has 14 heavy (non-hydrogen) atoms. The number of hydrogen-bond donors (Lipinski definition) is 6. The molecular formula is C6H14N2O6. The van der Waals surface area contributed by atoms with Crippen LogP contribution in [0.3, 0.4) is 0 Å². The van der Waals surface area contributed by atoms with Gasteiger partial charge >= 0.3 is 12.3 Å². The molecular weight excluding hydrogens is 196 g/mol. The Morgan fingerprint density at radius 1 is 1.21 bits per heavy atom. The summed E-state index contributed by atoms with van der Waals surface area (Å²) in [6, 6.07) is 0. The van der Waals surface area contributed by atoms with E-state index < -0.39 is 12.3 Å². The van der Waals surface area contributed by atoms with Gasteiger partial charge in [0.05, 0.1) is 6.34 Å². The molecule has 8 nitrogen and oxygen atoms in total. The summed E-state index contributed by atoms with van der Waals surface area (Å²) in [6.45, 7) is 5.25. The average Bonchev–Trinajstić information content (AvgIpc) is 1.85. The summed E-state index contributed by atoms with van der Waals surface area (Å²) in [7, 11) is 0. The molecule has 0 radical (unpaired) electrons. The van der Waals surface area contributed by atoms with Gasteiger partial charge in [0.25, 0.3) is 0 Å². The van der Waals surface area contributed by atoms with Crippen molar-refractivity contribution in [1.29, 1.82) is 5.41 Å². The van der Waals surface area contributed by atoms with Crippen LogP contribution in [0, 0.1) is 5.41 Å². The topological polar surface area (TPSA) is 165 Å². The standard InChI is InChI=1S/C3H6.CH4N2.2CH2O3/c1-3-2;2-1-3;2*2-1(3)4/h3H,1H2,2H3;1H,(H3,2,3);2*(H2,2,3,4). The summed E-state index contributed by atoms with van der Waals surface area (Å²) in [5, 5.41) is 33.8. The van der Waals surface area contributed by atoms with Gasteiger partial charge in [-0.2, -0.15) is 0 Å². The predicted octanol–water partition coefficient (Wildman–Crippen LogP) is 1.19. The van der Waals surface area contributed by atoms with E-state index in [4.69, 9.17) is 35.4 Å². The van der Waals surface area contributed by atoms with Crippen LogP contribution in [0.25, 0.3) is 0 Å². The van der Waals surface area contributed by atoms with Crippen molar-refractivity contribution in [1.82, 2.24) is 0 Å². The molecule has 0 unspecified atom stereocenters. The fraction of sp³-hybridized carbons (Fsp3) is 0.167. The lowest BCUT2D eigenvalue weighted by Crippen LogP contribution is -1.81. The molecule has 84 valence electrons. The molecule has 0 atom stereocenters. The molecule has 0 rings (SSSR count). The van der Waals surface area contributed by atoms with Gasteiger partial charge in [-0.3, -0.25) is 5.41 Å². The second-order valence-electron chi connectivity index (χ2n) is 1.14. The fourth-order valence-electron chi connectivity index (χ4n) is 0. The molecule has 0 amide bonds. The van der Waals surface area contributed by atoms with Crippen molar-refractivity contribution >= 4 is 18.6 Å². The lowest BCUT2D eigenvalue weighted by Gasteiger charge is -1.60.